The number of carbonyl (C=O) groups is 1. The van der Waals surface area contributed by atoms with E-state index >= 15 is 0 Å². The van der Waals surface area contributed by atoms with Crippen molar-refractivity contribution in [1.29, 1.82) is 0 Å². The summed E-state index contributed by atoms with van der Waals surface area (Å²) in [4.78, 5) is 12.2. The molecule has 0 saturated carbocycles. The maximum Gasteiger partial charge on any atom is 0.169 e. The lowest BCUT2D eigenvalue weighted by molar-refractivity contribution is -0.117. The zero-order valence-electron chi connectivity index (χ0n) is 13.0. The minimum atomic E-state index is -0.770. The summed E-state index contributed by atoms with van der Waals surface area (Å²) < 4.78 is 32.2. The molecular formula is C19H14F2O4. The van der Waals surface area contributed by atoms with Crippen LogP contribution in [-0.4, -0.2) is 22.6 Å². The first-order valence-electron chi connectivity index (χ1n) is 7.46. The number of allylic oxidation sites excluding steroid dienone is 1. The Bertz CT molecular complexity index is 900. The monoisotopic (exact) mass is 344 g/mol. The number of hydrogen-bond donors (Lipinski definition) is 2. The van der Waals surface area contributed by atoms with Crippen LogP contribution in [0.1, 0.15) is 17.5 Å². The molecule has 1 fully saturated rings. The molecule has 1 saturated heterocycles. The molecule has 0 atom stereocenters. The Balaban J connectivity index is 1.76. The van der Waals surface area contributed by atoms with Gasteiger partial charge in [-0.25, -0.2) is 8.78 Å². The van der Waals surface area contributed by atoms with E-state index in [1.165, 1.54) is 36.4 Å². The van der Waals surface area contributed by atoms with Crippen LogP contribution < -0.4 is 0 Å². The first kappa shape index (κ1) is 16.7. The van der Waals surface area contributed by atoms with Gasteiger partial charge in [0.25, 0.3) is 0 Å². The van der Waals surface area contributed by atoms with E-state index in [0.29, 0.717) is 22.5 Å². The normalized spacial score (nSPS) is 17.8. The number of Topliss-reactive ketones (excluding diaryl/α,β-unsaturated/α-hetero) is 1. The molecule has 2 N–H and O–H groups in total. The van der Waals surface area contributed by atoms with Crippen molar-refractivity contribution >= 4 is 17.9 Å². The molecule has 1 heterocycles. The van der Waals surface area contributed by atoms with Crippen molar-refractivity contribution in [2.75, 3.05) is 6.61 Å². The van der Waals surface area contributed by atoms with Crippen LogP contribution in [0.4, 0.5) is 8.78 Å². The fourth-order valence-corrected chi connectivity index (χ4v) is 2.40. The molecule has 1 aliphatic rings. The number of phenols is 2. The van der Waals surface area contributed by atoms with E-state index in [1.807, 2.05) is 0 Å². The number of benzene rings is 2. The largest absolute Gasteiger partial charge is 0.505 e. The Morgan fingerprint density at radius 1 is 0.920 bits per heavy atom. The van der Waals surface area contributed by atoms with Crippen molar-refractivity contribution in [2.24, 2.45) is 0 Å². The molecule has 4 nitrogen and oxygen atoms in total. The Labute approximate surface area is 142 Å². The summed E-state index contributed by atoms with van der Waals surface area (Å²) in [5.41, 5.74) is 1.28. The Kier molecular flexibility index (Phi) is 4.52. The fourth-order valence-electron chi connectivity index (χ4n) is 2.40. The van der Waals surface area contributed by atoms with Crippen LogP contribution in [0.5, 0.6) is 11.5 Å². The van der Waals surface area contributed by atoms with Gasteiger partial charge in [-0.15, -0.1) is 0 Å². The molecule has 0 unspecified atom stereocenters. The zero-order valence-corrected chi connectivity index (χ0v) is 13.0. The quantitative estimate of drug-likeness (QED) is 0.814. The van der Waals surface area contributed by atoms with Crippen LogP contribution in [0.3, 0.4) is 0 Å². The molecule has 0 aromatic heterocycles. The van der Waals surface area contributed by atoms with Gasteiger partial charge in [-0.05, 0) is 47.5 Å². The first-order valence-corrected chi connectivity index (χ1v) is 7.46. The highest BCUT2D eigenvalue weighted by Gasteiger charge is 2.20. The SMILES string of the molecule is O=C1CC(=Cc2ccc(O)c(F)c2)OCC1=Cc1ccc(O)c(F)c1. The predicted molar refractivity (Wildman–Crippen MR) is 87.7 cm³/mol. The molecule has 1 aliphatic heterocycles. The Morgan fingerprint density at radius 3 is 2.00 bits per heavy atom. The van der Waals surface area contributed by atoms with Crippen LogP contribution >= 0.6 is 0 Å². The van der Waals surface area contributed by atoms with E-state index in [0.717, 1.165) is 12.1 Å². The third-order valence-electron chi connectivity index (χ3n) is 3.72. The minimum absolute atomic E-state index is 0.00506. The van der Waals surface area contributed by atoms with Gasteiger partial charge in [-0.2, -0.15) is 0 Å². The van der Waals surface area contributed by atoms with Crippen molar-refractivity contribution in [3.05, 3.63) is 70.5 Å². The lowest BCUT2D eigenvalue weighted by Gasteiger charge is -2.18. The number of hydrogen-bond acceptors (Lipinski definition) is 4. The van der Waals surface area contributed by atoms with Gasteiger partial charge >= 0.3 is 0 Å². The highest BCUT2D eigenvalue weighted by Crippen LogP contribution is 2.25. The van der Waals surface area contributed by atoms with Crippen LogP contribution in [0.25, 0.3) is 12.2 Å². The molecule has 0 radical (unpaired) electrons. The Morgan fingerprint density at radius 2 is 1.48 bits per heavy atom. The number of phenolic OH excluding ortho intramolecular Hbond substituents is 2. The highest BCUT2D eigenvalue weighted by molar-refractivity contribution is 6.02. The summed E-state index contributed by atoms with van der Waals surface area (Å²) in [6.45, 7) is 0.00767. The number of halogens is 2. The molecule has 2 aromatic rings. The number of rotatable bonds is 2. The van der Waals surface area contributed by atoms with E-state index in [9.17, 15) is 23.8 Å². The topological polar surface area (TPSA) is 66.8 Å². The van der Waals surface area contributed by atoms with Crippen LogP contribution in [-0.2, 0) is 9.53 Å². The molecular weight excluding hydrogens is 330 g/mol. The van der Waals surface area contributed by atoms with Gasteiger partial charge in [0.05, 0.1) is 6.42 Å². The van der Waals surface area contributed by atoms with E-state index in [-0.39, 0.29) is 18.8 Å². The summed E-state index contributed by atoms with van der Waals surface area (Å²) in [6.07, 6.45) is 3.02. The standard InChI is InChI=1S/C19H14F2O4/c20-15-7-11(1-3-17(15)22)5-13-10-25-14(9-19(13)24)6-12-2-4-18(23)16(21)8-12/h1-8,22-23H,9-10H2. The van der Waals surface area contributed by atoms with E-state index in [1.54, 1.807) is 0 Å². The molecule has 0 bridgehead atoms. The number of ketones is 1. The van der Waals surface area contributed by atoms with E-state index < -0.39 is 23.1 Å². The van der Waals surface area contributed by atoms with Gasteiger partial charge in [0.15, 0.2) is 28.9 Å². The predicted octanol–water partition coefficient (Wildman–Crippen LogP) is 3.79. The number of ether oxygens (including phenoxy) is 1. The number of carbonyl (C=O) groups excluding carboxylic acids is 1. The smallest absolute Gasteiger partial charge is 0.169 e. The van der Waals surface area contributed by atoms with Gasteiger partial charge in [0, 0.05) is 5.57 Å². The van der Waals surface area contributed by atoms with Gasteiger partial charge in [0.1, 0.15) is 12.4 Å². The molecule has 25 heavy (non-hydrogen) atoms. The van der Waals surface area contributed by atoms with Gasteiger partial charge < -0.3 is 14.9 Å². The molecule has 128 valence electrons. The van der Waals surface area contributed by atoms with E-state index in [4.69, 9.17) is 4.74 Å². The molecule has 0 amide bonds. The average molecular weight is 344 g/mol. The fraction of sp³-hybridized carbons (Fsp3) is 0.105. The summed E-state index contributed by atoms with van der Waals surface area (Å²) in [5.74, 6) is -2.25. The second-order valence-corrected chi connectivity index (χ2v) is 5.59. The van der Waals surface area contributed by atoms with Crippen molar-refractivity contribution in [3.8, 4) is 11.5 Å². The summed E-state index contributed by atoms with van der Waals surface area (Å²) in [5, 5.41) is 18.3. The van der Waals surface area contributed by atoms with Crippen LogP contribution in [0.2, 0.25) is 0 Å². The summed E-state index contributed by atoms with van der Waals surface area (Å²) in [7, 11) is 0. The second-order valence-electron chi connectivity index (χ2n) is 5.59. The molecule has 2 aromatic carbocycles. The maximum atomic E-state index is 13.3. The molecule has 0 aliphatic carbocycles. The molecule has 3 rings (SSSR count). The first-order chi connectivity index (χ1) is 11.9. The van der Waals surface area contributed by atoms with Gasteiger partial charge in [-0.3, -0.25) is 4.79 Å². The van der Waals surface area contributed by atoms with E-state index in [2.05, 4.69) is 0 Å². The minimum Gasteiger partial charge on any atom is -0.505 e. The summed E-state index contributed by atoms with van der Waals surface area (Å²) >= 11 is 0. The van der Waals surface area contributed by atoms with Gasteiger partial charge in [-0.1, -0.05) is 12.1 Å². The van der Waals surface area contributed by atoms with Gasteiger partial charge in [0.2, 0.25) is 0 Å². The van der Waals surface area contributed by atoms with Crippen LogP contribution in [0.15, 0.2) is 47.7 Å². The average Bonchev–Trinajstić information content (AvgIpc) is 2.57. The Hall–Kier alpha value is -3.15. The second kappa shape index (κ2) is 6.76. The van der Waals surface area contributed by atoms with Crippen molar-refractivity contribution in [3.63, 3.8) is 0 Å². The number of aromatic hydroxyl groups is 2. The van der Waals surface area contributed by atoms with Crippen molar-refractivity contribution in [2.45, 2.75) is 6.42 Å². The van der Waals surface area contributed by atoms with Crippen molar-refractivity contribution in [1.82, 2.24) is 0 Å². The maximum absolute atomic E-state index is 13.3. The molecule has 6 heteroatoms. The van der Waals surface area contributed by atoms with Crippen molar-refractivity contribution < 1.29 is 28.5 Å². The summed E-state index contributed by atoms with van der Waals surface area (Å²) in [6, 6.07) is 7.69. The highest BCUT2D eigenvalue weighted by atomic mass is 19.1. The lowest BCUT2D eigenvalue weighted by atomic mass is 10.0. The third-order valence-corrected chi connectivity index (χ3v) is 3.72. The third kappa shape index (κ3) is 3.85. The zero-order chi connectivity index (χ0) is 18.0. The molecule has 0 spiro atoms. The lowest BCUT2D eigenvalue weighted by Crippen LogP contribution is -2.17. The van der Waals surface area contributed by atoms with Crippen LogP contribution in [0, 0.1) is 11.6 Å².